The Morgan fingerprint density at radius 3 is 2.83 bits per heavy atom. The molecule has 0 fully saturated rings. The molecule has 0 aliphatic carbocycles. The van der Waals surface area contributed by atoms with Crippen LogP contribution in [-0.4, -0.2) is 23.6 Å². The molecule has 0 saturated carbocycles. The molecule has 24 heavy (non-hydrogen) atoms. The fourth-order valence-corrected chi connectivity index (χ4v) is 2.55. The first kappa shape index (κ1) is 17.7. The fourth-order valence-electron chi connectivity index (χ4n) is 2.55. The zero-order chi connectivity index (χ0) is 17.7. The molecule has 0 aromatic heterocycles. The third kappa shape index (κ3) is 3.99. The van der Waals surface area contributed by atoms with Gasteiger partial charge in [-0.25, -0.2) is 5.01 Å². The minimum absolute atomic E-state index is 0.134. The molecule has 6 heteroatoms. The van der Waals surface area contributed by atoms with E-state index in [-0.39, 0.29) is 30.4 Å². The lowest BCUT2D eigenvalue weighted by Gasteiger charge is -2.25. The van der Waals surface area contributed by atoms with E-state index in [1.165, 1.54) is 5.01 Å². The van der Waals surface area contributed by atoms with Crippen molar-refractivity contribution in [2.24, 2.45) is 5.10 Å². The van der Waals surface area contributed by atoms with Crippen molar-refractivity contribution < 1.29 is 9.59 Å². The Hall–Kier alpha value is -2.68. The number of hydrogen-bond acceptors (Lipinski definition) is 4. The van der Waals surface area contributed by atoms with E-state index in [1.54, 1.807) is 0 Å². The Labute approximate surface area is 142 Å². The smallest absolute Gasteiger partial charge is 0.268 e. The lowest BCUT2D eigenvalue weighted by molar-refractivity contribution is -0.119. The van der Waals surface area contributed by atoms with Gasteiger partial charge in [-0.3, -0.25) is 9.59 Å². The van der Waals surface area contributed by atoms with Crippen molar-refractivity contribution in [2.45, 2.75) is 52.5 Å². The highest BCUT2D eigenvalue weighted by molar-refractivity contribution is 6.40. The van der Waals surface area contributed by atoms with Gasteiger partial charge in [0.2, 0.25) is 5.91 Å². The quantitative estimate of drug-likeness (QED) is 0.902. The molecule has 0 radical (unpaired) electrons. The van der Waals surface area contributed by atoms with Gasteiger partial charge in [-0.2, -0.15) is 10.4 Å². The second-order valence-corrected chi connectivity index (χ2v) is 5.99. The van der Waals surface area contributed by atoms with E-state index in [1.807, 2.05) is 39.0 Å². The summed E-state index contributed by atoms with van der Waals surface area (Å²) in [5.41, 5.74) is 2.91. The molecule has 0 unspecified atom stereocenters. The summed E-state index contributed by atoms with van der Waals surface area (Å²) in [6.07, 6.45) is 1.91. The van der Waals surface area contributed by atoms with Gasteiger partial charge in [-0.15, -0.1) is 0 Å². The number of hydrazone groups is 1. The molecule has 1 aromatic carbocycles. The Morgan fingerprint density at radius 1 is 1.42 bits per heavy atom. The molecule has 6 nitrogen and oxygen atoms in total. The third-order valence-corrected chi connectivity index (χ3v) is 3.93. The topological polar surface area (TPSA) is 85.6 Å². The van der Waals surface area contributed by atoms with Crippen molar-refractivity contribution in [2.75, 3.05) is 5.01 Å². The number of amides is 2. The Balaban J connectivity index is 2.26. The van der Waals surface area contributed by atoms with Gasteiger partial charge < -0.3 is 5.32 Å². The first-order valence-electron chi connectivity index (χ1n) is 8.14. The van der Waals surface area contributed by atoms with Crippen molar-refractivity contribution in [3.05, 3.63) is 29.3 Å². The van der Waals surface area contributed by atoms with E-state index in [9.17, 15) is 9.59 Å². The Kier molecular flexibility index (Phi) is 5.69. The third-order valence-electron chi connectivity index (χ3n) is 3.93. The van der Waals surface area contributed by atoms with E-state index < -0.39 is 6.04 Å². The van der Waals surface area contributed by atoms with Crippen LogP contribution in [-0.2, 0) is 9.59 Å². The molecule has 1 aromatic rings. The number of hydrogen-bond donors (Lipinski definition) is 1. The standard InChI is InChI=1S/C18H22N4O2/c1-4-5-14(11-19)20-18(24)15-8-9-17(23)22(21-15)16-10-12(2)6-7-13(16)3/h6-7,10,14H,4-5,8-9H2,1-3H3,(H,20,24)/t14-/m0/s1. The average Bonchev–Trinajstić information content (AvgIpc) is 2.57. The lowest BCUT2D eigenvalue weighted by atomic mass is 10.1. The molecule has 0 spiro atoms. The van der Waals surface area contributed by atoms with E-state index in [4.69, 9.17) is 5.26 Å². The number of nitriles is 1. The van der Waals surface area contributed by atoms with E-state index >= 15 is 0 Å². The van der Waals surface area contributed by atoms with Crippen LogP contribution < -0.4 is 10.3 Å². The van der Waals surface area contributed by atoms with Crippen LogP contribution >= 0.6 is 0 Å². The predicted molar refractivity (Wildman–Crippen MR) is 92.5 cm³/mol. The van der Waals surface area contributed by atoms with Crippen LogP contribution in [0.1, 0.15) is 43.7 Å². The minimum atomic E-state index is -0.531. The number of nitrogens with one attached hydrogen (secondary N) is 1. The molecule has 0 saturated heterocycles. The lowest BCUT2D eigenvalue weighted by Crippen LogP contribution is -2.42. The number of carbonyl (C=O) groups excluding carboxylic acids is 2. The number of carbonyl (C=O) groups is 2. The normalized spacial score (nSPS) is 15.5. The molecule has 2 amide bonds. The summed E-state index contributed by atoms with van der Waals surface area (Å²) in [6, 6.07) is 7.32. The van der Waals surface area contributed by atoms with Gasteiger partial charge in [-0.05, 0) is 37.5 Å². The Morgan fingerprint density at radius 2 is 2.17 bits per heavy atom. The van der Waals surface area contributed by atoms with Crippen LogP contribution in [0.5, 0.6) is 0 Å². The molecule has 1 aliphatic heterocycles. The van der Waals surface area contributed by atoms with Crippen molar-refractivity contribution in [3.8, 4) is 6.07 Å². The van der Waals surface area contributed by atoms with Gasteiger partial charge in [0.25, 0.3) is 5.91 Å². The molecule has 1 heterocycles. The van der Waals surface area contributed by atoms with Crippen LogP contribution in [0, 0.1) is 25.2 Å². The highest BCUT2D eigenvalue weighted by Gasteiger charge is 2.27. The molecule has 1 aliphatic rings. The second kappa shape index (κ2) is 7.73. The summed E-state index contributed by atoms with van der Waals surface area (Å²) in [5, 5.41) is 17.3. The number of nitrogens with zero attached hydrogens (tertiary/aromatic N) is 3. The van der Waals surface area contributed by atoms with E-state index in [2.05, 4.69) is 16.5 Å². The maximum atomic E-state index is 12.3. The summed E-state index contributed by atoms with van der Waals surface area (Å²) in [4.78, 5) is 24.6. The van der Waals surface area contributed by atoms with E-state index in [0.717, 1.165) is 17.5 Å². The first-order valence-corrected chi connectivity index (χ1v) is 8.14. The molecule has 1 N–H and O–H groups in total. The number of rotatable bonds is 5. The van der Waals surface area contributed by atoms with Crippen molar-refractivity contribution >= 4 is 23.2 Å². The SMILES string of the molecule is CCC[C@@H](C#N)NC(=O)C1=NN(c2cc(C)ccc2C)C(=O)CC1. The van der Waals surface area contributed by atoms with Crippen molar-refractivity contribution in [3.63, 3.8) is 0 Å². The van der Waals surface area contributed by atoms with Gasteiger partial charge in [0.1, 0.15) is 11.8 Å². The fraction of sp³-hybridized carbons (Fsp3) is 0.444. The van der Waals surface area contributed by atoms with Gasteiger partial charge in [0.05, 0.1) is 11.8 Å². The van der Waals surface area contributed by atoms with Crippen molar-refractivity contribution in [1.82, 2.24) is 5.32 Å². The van der Waals surface area contributed by atoms with Crippen LogP contribution in [0.4, 0.5) is 5.69 Å². The zero-order valence-electron chi connectivity index (χ0n) is 14.3. The number of benzene rings is 1. The predicted octanol–water partition coefficient (Wildman–Crippen LogP) is 2.59. The molecular weight excluding hydrogens is 304 g/mol. The highest BCUT2D eigenvalue weighted by atomic mass is 16.2. The first-order chi connectivity index (χ1) is 11.5. The zero-order valence-corrected chi connectivity index (χ0v) is 14.3. The Bertz CT molecular complexity index is 718. The van der Waals surface area contributed by atoms with E-state index in [0.29, 0.717) is 12.1 Å². The van der Waals surface area contributed by atoms with Gasteiger partial charge in [-0.1, -0.05) is 25.5 Å². The van der Waals surface area contributed by atoms with Crippen LogP contribution in [0.2, 0.25) is 0 Å². The van der Waals surface area contributed by atoms with Gasteiger partial charge in [0.15, 0.2) is 0 Å². The number of anilines is 1. The average molecular weight is 326 g/mol. The second-order valence-electron chi connectivity index (χ2n) is 5.99. The molecule has 126 valence electrons. The van der Waals surface area contributed by atoms with Crippen LogP contribution in [0.3, 0.4) is 0 Å². The summed E-state index contributed by atoms with van der Waals surface area (Å²) in [5.74, 6) is -0.511. The summed E-state index contributed by atoms with van der Waals surface area (Å²) in [7, 11) is 0. The van der Waals surface area contributed by atoms with Gasteiger partial charge in [0, 0.05) is 12.8 Å². The molecular formula is C18H22N4O2. The molecule has 0 bridgehead atoms. The summed E-state index contributed by atoms with van der Waals surface area (Å²) in [6.45, 7) is 5.80. The molecule has 1 atom stereocenters. The molecule has 2 rings (SSSR count). The van der Waals surface area contributed by atoms with Crippen LogP contribution in [0.25, 0.3) is 0 Å². The number of aryl methyl sites for hydroxylation is 2. The van der Waals surface area contributed by atoms with Crippen LogP contribution in [0.15, 0.2) is 23.3 Å². The maximum absolute atomic E-state index is 12.3. The summed E-state index contributed by atoms with van der Waals surface area (Å²) >= 11 is 0. The summed E-state index contributed by atoms with van der Waals surface area (Å²) < 4.78 is 0. The largest absolute Gasteiger partial charge is 0.335 e. The minimum Gasteiger partial charge on any atom is -0.335 e. The highest BCUT2D eigenvalue weighted by Crippen LogP contribution is 2.25. The maximum Gasteiger partial charge on any atom is 0.268 e. The van der Waals surface area contributed by atoms with Crippen molar-refractivity contribution in [1.29, 1.82) is 5.26 Å². The monoisotopic (exact) mass is 326 g/mol. The van der Waals surface area contributed by atoms with Gasteiger partial charge >= 0.3 is 0 Å².